The molecule has 0 saturated heterocycles. The summed E-state index contributed by atoms with van der Waals surface area (Å²) in [4.78, 5) is 14.0. The number of hydrogen-bond donors (Lipinski definition) is 1. The van der Waals surface area contributed by atoms with Crippen molar-refractivity contribution in [2.45, 2.75) is 32.1 Å². The standard InChI is InChI=1S/C12H20N4OS/c1-16(2)8-7-10-14-15-12(18-10)13-11(17)9-5-3-4-6-9/h9H,3-8H2,1-2H3,(H,13,15,17). The molecule has 6 heteroatoms. The van der Waals surface area contributed by atoms with Crippen LogP contribution in [0.2, 0.25) is 0 Å². The minimum Gasteiger partial charge on any atom is -0.309 e. The normalized spacial score (nSPS) is 16.4. The number of nitrogens with one attached hydrogen (secondary N) is 1. The summed E-state index contributed by atoms with van der Waals surface area (Å²) < 4.78 is 0. The summed E-state index contributed by atoms with van der Waals surface area (Å²) in [5.41, 5.74) is 0. The third-order valence-corrected chi connectivity index (χ3v) is 4.09. The van der Waals surface area contributed by atoms with Crippen molar-refractivity contribution in [1.29, 1.82) is 0 Å². The van der Waals surface area contributed by atoms with Crippen LogP contribution in [0.5, 0.6) is 0 Å². The monoisotopic (exact) mass is 268 g/mol. The van der Waals surface area contributed by atoms with E-state index in [4.69, 9.17) is 0 Å². The van der Waals surface area contributed by atoms with Crippen LogP contribution in [0.25, 0.3) is 0 Å². The number of aromatic nitrogens is 2. The first-order valence-corrected chi connectivity index (χ1v) is 7.25. The number of anilines is 1. The molecule has 2 rings (SSSR count). The number of carbonyl (C=O) groups excluding carboxylic acids is 1. The smallest absolute Gasteiger partial charge is 0.229 e. The fourth-order valence-corrected chi connectivity index (χ4v) is 2.85. The Balaban J connectivity index is 1.84. The molecule has 5 nitrogen and oxygen atoms in total. The van der Waals surface area contributed by atoms with Gasteiger partial charge in [0.1, 0.15) is 5.01 Å². The van der Waals surface area contributed by atoms with Crippen LogP contribution >= 0.6 is 11.3 Å². The number of carbonyl (C=O) groups is 1. The van der Waals surface area contributed by atoms with E-state index in [0.717, 1.165) is 30.8 Å². The second kappa shape index (κ2) is 6.24. The number of nitrogens with zero attached hydrogens (tertiary/aromatic N) is 3. The molecule has 1 aromatic heterocycles. The molecule has 100 valence electrons. The van der Waals surface area contributed by atoms with Crippen molar-refractivity contribution in [2.75, 3.05) is 26.0 Å². The maximum Gasteiger partial charge on any atom is 0.229 e. The molecule has 1 amide bonds. The Kier molecular flexibility index (Phi) is 4.66. The maximum absolute atomic E-state index is 11.9. The molecule has 1 N–H and O–H groups in total. The van der Waals surface area contributed by atoms with Gasteiger partial charge in [0.05, 0.1) is 0 Å². The van der Waals surface area contributed by atoms with E-state index in [2.05, 4.69) is 20.4 Å². The zero-order chi connectivity index (χ0) is 13.0. The zero-order valence-corrected chi connectivity index (χ0v) is 11.8. The molecule has 1 aliphatic rings. The predicted molar refractivity (Wildman–Crippen MR) is 72.8 cm³/mol. The molecular weight excluding hydrogens is 248 g/mol. The molecule has 0 unspecified atom stereocenters. The van der Waals surface area contributed by atoms with Crippen LogP contribution in [-0.4, -0.2) is 41.6 Å². The topological polar surface area (TPSA) is 58.1 Å². The van der Waals surface area contributed by atoms with Crippen molar-refractivity contribution in [2.24, 2.45) is 5.92 Å². The number of amides is 1. The van der Waals surface area contributed by atoms with Gasteiger partial charge in [-0.15, -0.1) is 10.2 Å². The Morgan fingerprint density at radius 3 is 2.78 bits per heavy atom. The predicted octanol–water partition coefficient (Wildman–Crippen LogP) is 1.77. The highest BCUT2D eigenvalue weighted by Gasteiger charge is 2.23. The molecule has 0 spiro atoms. The second-order valence-electron chi connectivity index (χ2n) is 5.02. The molecule has 1 saturated carbocycles. The first-order valence-electron chi connectivity index (χ1n) is 6.43. The molecular formula is C12H20N4OS. The summed E-state index contributed by atoms with van der Waals surface area (Å²) in [6.45, 7) is 0.950. The van der Waals surface area contributed by atoms with Crippen LogP contribution in [0.4, 0.5) is 5.13 Å². The van der Waals surface area contributed by atoms with Crippen LogP contribution in [0.3, 0.4) is 0 Å². The first kappa shape index (κ1) is 13.4. The average molecular weight is 268 g/mol. The quantitative estimate of drug-likeness (QED) is 0.884. The van der Waals surface area contributed by atoms with Gasteiger partial charge in [0, 0.05) is 18.9 Å². The van der Waals surface area contributed by atoms with Crippen molar-refractivity contribution in [1.82, 2.24) is 15.1 Å². The average Bonchev–Trinajstić information content (AvgIpc) is 2.97. The molecule has 0 bridgehead atoms. The SMILES string of the molecule is CN(C)CCc1nnc(NC(=O)C2CCCC2)s1. The van der Waals surface area contributed by atoms with Crippen molar-refractivity contribution in [3.63, 3.8) is 0 Å². The molecule has 0 radical (unpaired) electrons. The number of hydrogen-bond acceptors (Lipinski definition) is 5. The van der Waals surface area contributed by atoms with Crippen LogP contribution in [0.1, 0.15) is 30.7 Å². The van der Waals surface area contributed by atoms with E-state index >= 15 is 0 Å². The second-order valence-corrected chi connectivity index (χ2v) is 6.09. The van der Waals surface area contributed by atoms with Crippen LogP contribution in [0.15, 0.2) is 0 Å². The summed E-state index contributed by atoms with van der Waals surface area (Å²) in [5, 5.41) is 12.6. The van der Waals surface area contributed by atoms with Gasteiger partial charge in [-0.05, 0) is 26.9 Å². The van der Waals surface area contributed by atoms with Gasteiger partial charge < -0.3 is 10.2 Å². The van der Waals surface area contributed by atoms with E-state index in [0.29, 0.717) is 5.13 Å². The van der Waals surface area contributed by atoms with Crippen molar-refractivity contribution < 1.29 is 4.79 Å². The first-order chi connectivity index (χ1) is 8.65. The highest BCUT2D eigenvalue weighted by atomic mass is 32.1. The Labute approximate surface area is 112 Å². The van der Waals surface area contributed by atoms with Gasteiger partial charge in [-0.25, -0.2) is 0 Å². The fourth-order valence-electron chi connectivity index (χ4n) is 2.12. The third kappa shape index (κ3) is 3.74. The highest BCUT2D eigenvalue weighted by molar-refractivity contribution is 7.15. The minimum absolute atomic E-state index is 0.114. The van der Waals surface area contributed by atoms with E-state index in [1.807, 2.05) is 14.1 Å². The zero-order valence-electron chi connectivity index (χ0n) is 11.0. The number of rotatable bonds is 5. The van der Waals surface area contributed by atoms with E-state index < -0.39 is 0 Å². The van der Waals surface area contributed by atoms with Gasteiger partial charge in [-0.2, -0.15) is 0 Å². The van der Waals surface area contributed by atoms with Crippen molar-refractivity contribution >= 4 is 22.4 Å². The molecule has 1 aromatic rings. The molecule has 1 heterocycles. The lowest BCUT2D eigenvalue weighted by atomic mass is 10.1. The largest absolute Gasteiger partial charge is 0.309 e. The Hall–Kier alpha value is -1.01. The third-order valence-electron chi connectivity index (χ3n) is 3.20. The van der Waals surface area contributed by atoms with Gasteiger partial charge in [-0.1, -0.05) is 24.2 Å². The van der Waals surface area contributed by atoms with Gasteiger partial charge in [0.25, 0.3) is 0 Å². The molecule has 1 aliphatic carbocycles. The van der Waals surface area contributed by atoms with Gasteiger partial charge in [0.2, 0.25) is 11.0 Å². The lowest BCUT2D eigenvalue weighted by Gasteiger charge is -2.07. The minimum atomic E-state index is 0.114. The molecule has 0 aliphatic heterocycles. The van der Waals surface area contributed by atoms with Gasteiger partial charge in [-0.3, -0.25) is 4.79 Å². The summed E-state index contributed by atoms with van der Waals surface area (Å²) in [6.07, 6.45) is 5.24. The Bertz CT molecular complexity index is 399. The van der Waals surface area contributed by atoms with E-state index in [9.17, 15) is 4.79 Å². The van der Waals surface area contributed by atoms with E-state index in [-0.39, 0.29) is 11.8 Å². The summed E-state index contributed by atoms with van der Waals surface area (Å²) in [6, 6.07) is 0. The highest BCUT2D eigenvalue weighted by Crippen LogP contribution is 2.26. The molecule has 1 fully saturated rings. The van der Waals surface area contributed by atoms with Gasteiger partial charge in [0.15, 0.2) is 0 Å². The van der Waals surface area contributed by atoms with Crippen molar-refractivity contribution in [3.8, 4) is 0 Å². The lowest BCUT2D eigenvalue weighted by molar-refractivity contribution is -0.119. The summed E-state index contributed by atoms with van der Waals surface area (Å²) in [5.74, 6) is 0.293. The molecule has 0 aromatic carbocycles. The number of likely N-dealkylation sites (N-methyl/N-ethyl adjacent to an activating group) is 1. The fraction of sp³-hybridized carbons (Fsp3) is 0.750. The molecule has 0 atom stereocenters. The van der Waals surface area contributed by atoms with Crippen LogP contribution in [-0.2, 0) is 11.2 Å². The van der Waals surface area contributed by atoms with Crippen LogP contribution < -0.4 is 5.32 Å². The summed E-state index contributed by atoms with van der Waals surface area (Å²) in [7, 11) is 4.06. The Morgan fingerprint density at radius 2 is 2.11 bits per heavy atom. The summed E-state index contributed by atoms with van der Waals surface area (Å²) >= 11 is 1.48. The van der Waals surface area contributed by atoms with E-state index in [1.165, 1.54) is 24.2 Å². The molecule has 18 heavy (non-hydrogen) atoms. The van der Waals surface area contributed by atoms with E-state index in [1.54, 1.807) is 0 Å². The maximum atomic E-state index is 11.9. The lowest BCUT2D eigenvalue weighted by Crippen LogP contribution is -2.20. The van der Waals surface area contributed by atoms with Gasteiger partial charge >= 0.3 is 0 Å². The van der Waals surface area contributed by atoms with Crippen LogP contribution in [0, 0.1) is 5.92 Å². The Morgan fingerprint density at radius 1 is 1.39 bits per heavy atom. The van der Waals surface area contributed by atoms with Crippen molar-refractivity contribution in [3.05, 3.63) is 5.01 Å².